The van der Waals surface area contributed by atoms with Gasteiger partial charge in [0.25, 0.3) is 5.91 Å². The molecule has 0 atom stereocenters. The molecule has 0 radical (unpaired) electrons. The third-order valence-corrected chi connectivity index (χ3v) is 3.44. The second-order valence-electron chi connectivity index (χ2n) is 5.33. The number of hydrogen-bond acceptors (Lipinski definition) is 3. The molecule has 0 spiro atoms. The molecule has 0 fully saturated rings. The van der Waals surface area contributed by atoms with Crippen molar-refractivity contribution < 1.29 is 4.79 Å². The molecule has 5 nitrogen and oxygen atoms in total. The Morgan fingerprint density at radius 2 is 2.24 bits per heavy atom. The van der Waals surface area contributed by atoms with Crippen LogP contribution < -0.4 is 5.73 Å². The smallest absolute Gasteiger partial charge is 0.271 e. The molecule has 2 heterocycles. The quantitative estimate of drug-likeness (QED) is 0.918. The summed E-state index contributed by atoms with van der Waals surface area (Å²) in [6.45, 7) is 7.28. The van der Waals surface area contributed by atoms with Gasteiger partial charge in [-0.3, -0.25) is 9.78 Å². The minimum atomic E-state index is -0.00703. The molecule has 2 rings (SSSR count). The third-order valence-electron chi connectivity index (χ3n) is 3.44. The van der Waals surface area contributed by atoms with E-state index in [1.807, 2.05) is 42.4 Å². The van der Waals surface area contributed by atoms with E-state index in [0.29, 0.717) is 17.9 Å². The van der Waals surface area contributed by atoms with Crippen molar-refractivity contribution in [1.82, 2.24) is 14.5 Å². The van der Waals surface area contributed by atoms with Crippen molar-refractivity contribution in [3.8, 4) is 0 Å². The minimum Gasteiger partial charge on any atom is -0.397 e. The highest BCUT2D eigenvalue weighted by Gasteiger charge is 2.22. The van der Waals surface area contributed by atoms with Crippen LogP contribution in [0.5, 0.6) is 0 Å². The molecular formula is C16H22N4O. The van der Waals surface area contributed by atoms with Gasteiger partial charge in [-0.2, -0.15) is 0 Å². The first-order valence-electron chi connectivity index (χ1n) is 7.18. The summed E-state index contributed by atoms with van der Waals surface area (Å²) in [4.78, 5) is 18.7. The van der Waals surface area contributed by atoms with Crippen molar-refractivity contribution >= 4 is 11.6 Å². The predicted octanol–water partition coefficient (Wildman–Crippen LogP) is 2.54. The van der Waals surface area contributed by atoms with Crippen LogP contribution in [0.25, 0.3) is 0 Å². The SMILES string of the molecule is CCn1cc(N)cc1C(=O)N(Cc1cccnc1)C(C)C. The highest BCUT2D eigenvalue weighted by atomic mass is 16.2. The summed E-state index contributed by atoms with van der Waals surface area (Å²) in [5, 5.41) is 0. The zero-order valence-electron chi connectivity index (χ0n) is 12.8. The van der Waals surface area contributed by atoms with E-state index in [9.17, 15) is 4.79 Å². The predicted molar refractivity (Wildman–Crippen MR) is 83.8 cm³/mol. The molecular weight excluding hydrogens is 264 g/mol. The van der Waals surface area contributed by atoms with Gasteiger partial charge in [-0.1, -0.05) is 6.07 Å². The summed E-state index contributed by atoms with van der Waals surface area (Å²) in [6.07, 6.45) is 5.32. The Labute approximate surface area is 125 Å². The van der Waals surface area contributed by atoms with E-state index in [1.165, 1.54) is 0 Å². The van der Waals surface area contributed by atoms with Gasteiger partial charge in [0.1, 0.15) is 5.69 Å². The summed E-state index contributed by atoms with van der Waals surface area (Å²) in [7, 11) is 0. The number of nitrogen functional groups attached to an aromatic ring is 1. The van der Waals surface area contributed by atoms with Crippen molar-refractivity contribution in [2.75, 3.05) is 5.73 Å². The van der Waals surface area contributed by atoms with Gasteiger partial charge in [0, 0.05) is 37.7 Å². The fourth-order valence-electron chi connectivity index (χ4n) is 2.30. The molecule has 21 heavy (non-hydrogen) atoms. The standard InChI is InChI=1S/C16H22N4O/c1-4-19-11-14(17)8-15(19)16(21)20(12(2)3)10-13-6-5-7-18-9-13/h5-9,11-12H,4,10,17H2,1-3H3. The topological polar surface area (TPSA) is 64.2 Å². The number of nitrogens with zero attached hydrogens (tertiary/aromatic N) is 3. The van der Waals surface area contributed by atoms with Crippen LogP contribution in [0.4, 0.5) is 5.69 Å². The summed E-state index contributed by atoms with van der Waals surface area (Å²) >= 11 is 0. The monoisotopic (exact) mass is 286 g/mol. The Balaban J connectivity index is 2.27. The molecule has 2 aromatic heterocycles. The number of pyridine rings is 1. The molecule has 0 aliphatic heterocycles. The zero-order chi connectivity index (χ0) is 15.4. The van der Waals surface area contributed by atoms with Gasteiger partial charge in [-0.15, -0.1) is 0 Å². The fraction of sp³-hybridized carbons (Fsp3) is 0.375. The van der Waals surface area contributed by atoms with Crippen LogP contribution in [0.1, 0.15) is 36.8 Å². The lowest BCUT2D eigenvalue weighted by atomic mass is 10.2. The van der Waals surface area contributed by atoms with Crippen molar-refractivity contribution in [3.05, 3.63) is 48.0 Å². The number of rotatable bonds is 5. The summed E-state index contributed by atoms with van der Waals surface area (Å²) in [5.41, 5.74) is 8.08. The number of amides is 1. The summed E-state index contributed by atoms with van der Waals surface area (Å²) < 4.78 is 1.89. The first kappa shape index (κ1) is 15.1. The number of hydrogen-bond donors (Lipinski definition) is 1. The average molecular weight is 286 g/mol. The molecule has 0 aliphatic carbocycles. The van der Waals surface area contributed by atoms with Crippen molar-refractivity contribution in [3.63, 3.8) is 0 Å². The van der Waals surface area contributed by atoms with Crippen LogP contribution in [-0.2, 0) is 13.1 Å². The molecule has 2 N–H and O–H groups in total. The highest BCUT2D eigenvalue weighted by Crippen LogP contribution is 2.17. The molecule has 0 saturated heterocycles. The Morgan fingerprint density at radius 3 is 2.81 bits per heavy atom. The van der Waals surface area contributed by atoms with E-state index in [2.05, 4.69) is 4.98 Å². The first-order valence-corrected chi connectivity index (χ1v) is 7.18. The van der Waals surface area contributed by atoms with Gasteiger partial charge < -0.3 is 15.2 Å². The molecule has 0 saturated carbocycles. The van der Waals surface area contributed by atoms with Crippen molar-refractivity contribution in [1.29, 1.82) is 0 Å². The molecule has 5 heteroatoms. The summed E-state index contributed by atoms with van der Waals surface area (Å²) in [5.74, 6) is -0.00703. The van der Waals surface area contributed by atoms with Crippen LogP contribution in [-0.4, -0.2) is 26.4 Å². The molecule has 2 aromatic rings. The average Bonchev–Trinajstić information content (AvgIpc) is 2.86. The Morgan fingerprint density at radius 1 is 1.48 bits per heavy atom. The van der Waals surface area contributed by atoms with Crippen LogP contribution in [0.2, 0.25) is 0 Å². The Hall–Kier alpha value is -2.30. The maximum absolute atomic E-state index is 12.8. The minimum absolute atomic E-state index is 0.00703. The van der Waals surface area contributed by atoms with Crippen LogP contribution in [0.15, 0.2) is 36.8 Å². The molecule has 0 unspecified atom stereocenters. The van der Waals surface area contributed by atoms with Gasteiger partial charge >= 0.3 is 0 Å². The van der Waals surface area contributed by atoms with Crippen LogP contribution >= 0.6 is 0 Å². The second-order valence-corrected chi connectivity index (χ2v) is 5.33. The van der Waals surface area contributed by atoms with E-state index < -0.39 is 0 Å². The van der Waals surface area contributed by atoms with Crippen molar-refractivity contribution in [2.24, 2.45) is 0 Å². The van der Waals surface area contributed by atoms with Crippen LogP contribution in [0, 0.1) is 0 Å². The van der Waals surface area contributed by atoms with E-state index in [4.69, 9.17) is 5.73 Å². The molecule has 0 aromatic carbocycles. The highest BCUT2D eigenvalue weighted by molar-refractivity contribution is 5.94. The Bertz CT molecular complexity index is 604. The molecule has 112 valence electrons. The number of nitrogens with two attached hydrogens (primary N) is 1. The van der Waals surface area contributed by atoms with Gasteiger partial charge in [0.05, 0.1) is 5.69 Å². The third kappa shape index (κ3) is 3.42. The van der Waals surface area contributed by atoms with Gasteiger partial charge in [-0.25, -0.2) is 0 Å². The summed E-state index contributed by atoms with van der Waals surface area (Å²) in [6, 6.07) is 5.69. The maximum atomic E-state index is 12.8. The normalized spacial score (nSPS) is 10.9. The van der Waals surface area contributed by atoms with Crippen molar-refractivity contribution in [2.45, 2.75) is 39.9 Å². The Kier molecular flexibility index (Phi) is 4.62. The van der Waals surface area contributed by atoms with Crippen LogP contribution in [0.3, 0.4) is 0 Å². The number of carbonyl (C=O) groups excluding carboxylic acids is 1. The lowest BCUT2D eigenvalue weighted by molar-refractivity contribution is 0.0679. The molecule has 1 amide bonds. The molecule has 0 bridgehead atoms. The van der Waals surface area contributed by atoms with E-state index in [0.717, 1.165) is 12.1 Å². The van der Waals surface area contributed by atoms with Gasteiger partial charge in [0.15, 0.2) is 0 Å². The number of carbonyl (C=O) groups is 1. The fourth-order valence-corrected chi connectivity index (χ4v) is 2.30. The zero-order valence-corrected chi connectivity index (χ0v) is 12.8. The number of aromatic nitrogens is 2. The second kappa shape index (κ2) is 6.43. The largest absolute Gasteiger partial charge is 0.397 e. The maximum Gasteiger partial charge on any atom is 0.271 e. The first-order chi connectivity index (χ1) is 10.0. The van der Waals surface area contributed by atoms with Gasteiger partial charge in [-0.05, 0) is 38.5 Å². The number of aryl methyl sites for hydroxylation is 1. The van der Waals surface area contributed by atoms with E-state index in [1.54, 1.807) is 24.7 Å². The molecule has 0 aliphatic rings. The lowest BCUT2D eigenvalue weighted by Crippen LogP contribution is -2.37. The van der Waals surface area contributed by atoms with Gasteiger partial charge in [0.2, 0.25) is 0 Å². The van der Waals surface area contributed by atoms with E-state index in [-0.39, 0.29) is 11.9 Å². The lowest BCUT2D eigenvalue weighted by Gasteiger charge is -2.27. The van der Waals surface area contributed by atoms with E-state index >= 15 is 0 Å². The number of anilines is 1.